The molecule has 0 atom stereocenters. The maximum absolute atomic E-state index is 12.5. The zero-order chi connectivity index (χ0) is 19.6. The predicted octanol–water partition coefficient (Wildman–Crippen LogP) is 5.43. The molecule has 1 N–H and O–H groups in total. The van der Waals surface area contributed by atoms with E-state index in [-0.39, 0.29) is 6.61 Å². The highest BCUT2D eigenvalue weighted by molar-refractivity contribution is 6.31. The molecular formula is C21H21ClN2O3. The lowest BCUT2D eigenvalue weighted by Gasteiger charge is -2.17. The minimum absolute atomic E-state index is 0.281. The summed E-state index contributed by atoms with van der Waals surface area (Å²) in [6.07, 6.45) is 1.54. The first kappa shape index (κ1) is 19.0. The molecule has 0 saturated carbocycles. The summed E-state index contributed by atoms with van der Waals surface area (Å²) in [5, 5.41) is 4.71. The molecule has 3 aromatic rings. The highest BCUT2D eigenvalue weighted by atomic mass is 35.5. The van der Waals surface area contributed by atoms with Crippen LogP contribution in [0.15, 0.2) is 36.5 Å². The summed E-state index contributed by atoms with van der Waals surface area (Å²) in [5.74, 6) is 0.179. The summed E-state index contributed by atoms with van der Waals surface area (Å²) >= 11 is 6.16. The Hall–Kier alpha value is -2.79. The van der Waals surface area contributed by atoms with Gasteiger partial charge in [0, 0.05) is 16.6 Å². The van der Waals surface area contributed by atoms with Crippen LogP contribution >= 0.6 is 11.6 Å². The van der Waals surface area contributed by atoms with Crippen molar-refractivity contribution in [3.63, 3.8) is 0 Å². The zero-order valence-electron chi connectivity index (χ0n) is 15.7. The van der Waals surface area contributed by atoms with E-state index in [0.29, 0.717) is 27.7 Å². The number of hydrogen-bond donors (Lipinski definition) is 1. The second kappa shape index (κ2) is 7.84. The van der Waals surface area contributed by atoms with Gasteiger partial charge in [0.1, 0.15) is 11.3 Å². The average Bonchev–Trinajstić information content (AvgIpc) is 2.62. The molecule has 3 rings (SSSR count). The number of anilines is 2. The van der Waals surface area contributed by atoms with Crippen molar-refractivity contribution in [3.05, 3.63) is 58.2 Å². The quantitative estimate of drug-likeness (QED) is 0.594. The number of nitrogens with one attached hydrogen (secondary N) is 1. The number of fused-ring (bicyclic) bond motifs is 1. The number of carbonyl (C=O) groups excluding carboxylic acids is 1. The van der Waals surface area contributed by atoms with E-state index in [4.69, 9.17) is 21.1 Å². The van der Waals surface area contributed by atoms with Crippen LogP contribution in [0.2, 0.25) is 5.02 Å². The monoisotopic (exact) mass is 384 g/mol. The maximum atomic E-state index is 12.5. The largest absolute Gasteiger partial charge is 0.495 e. The standard InChI is InChI=1S/C21H21ClN2O3/c1-5-27-21(25)16-11-23-19-13(3)8-12(2)9-15(19)20(16)24-17-10-14(22)6-7-18(17)26-4/h6-11H,5H2,1-4H3,(H,23,24). The molecule has 1 aromatic heterocycles. The van der Waals surface area contributed by atoms with Gasteiger partial charge in [0.25, 0.3) is 0 Å². The van der Waals surface area contributed by atoms with Gasteiger partial charge in [0.15, 0.2) is 0 Å². The summed E-state index contributed by atoms with van der Waals surface area (Å²) < 4.78 is 10.6. The van der Waals surface area contributed by atoms with E-state index < -0.39 is 5.97 Å². The first-order chi connectivity index (χ1) is 12.9. The van der Waals surface area contributed by atoms with Gasteiger partial charge in [-0.05, 0) is 50.6 Å². The number of hydrogen-bond acceptors (Lipinski definition) is 5. The van der Waals surface area contributed by atoms with Crippen molar-refractivity contribution in [2.75, 3.05) is 19.0 Å². The minimum Gasteiger partial charge on any atom is -0.495 e. The second-order valence-corrected chi connectivity index (χ2v) is 6.65. The van der Waals surface area contributed by atoms with Crippen LogP contribution in [0.1, 0.15) is 28.4 Å². The van der Waals surface area contributed by atoms with E-state index in [1.807, 2.05) is 19.9 Å². The number of aryl methyl sites for hydroxylation is 2. The van der Waals surface area contributed by atoms with Crippen molar-refractivity contribution in [2.45, 2.75) is 20.8 Å². The molecule has 0 aliphatic carbocycles. The van der Waals surface area contributed by atoms with E-state index in [0.717, 1.165) is 22.0 Å². The van der Waals surface area contributed by atoms with Gasteiger partial charge >= 0.3 is 5.97 Å². The summed E-state index contributed by atoms with van der Waals surface area (Å²) in [5.41, 5.74) is 4.55. The summed E-state index contributed by atoms with van der Waals surface area (Å²) in [6, 6.07) is 9.33. The molecule has 0 aliphatic heterocycles. The van der Waals surface area contributed by atoms with E-state index in [2.05, 4.69) is 16.4 Å². The molecule has 27 heavy (non-hydrogen) atoms. The molecule has 1 heterocycles. The Morgan fingerprint density at radius 1 is 1.22 bits per heavy atom. The van der Waals surface area contributed by atoms with E-state index in [1.54, 1.807) is 38.4 Å². The number of pyridine rings is 1. The summed E-state index contributed by atoms with van der Waals surface area (Å²) in [7, 11) is 1.58. The van der Waals surface area contributed by atoms with Crippen LogP contribution in [-0.2, 0) is 4.74 Å². The third kappa shape index (κ3) is 3.83. The van der Waals surface area contributed by atoms with Crippen LogP contribution < -0.4 is 10.1 Å². The third-order valence-corrected chi connectivity index (χ3v) is 4.46. The number of aromatic nitrogens is 1. The Morgan fingerprint density at radius 3 is 2.70 bits per heavy atom. The fraction of sp³-hybridized carbons (Fsp3) is 0.238. The van der Waals surface area contributed by atoms with Crippen molar-refractivity contribution < 1.29 is 14.3 Å². The summed E-state index contributed by atoms with van der Waals surface area (Å²) in [4.78, 5) is 17.0. The normalized spacial score (nSPS) is 10.7. The van der Waals surface area contributed by atoms with Gasteiger partial charge in [-0.25, -0.2) is 4.79 Å². The van der Waals surface area contributed by atoms with Crippen LogP contribution in [0.4, 0.5) is 11.4 Å². The average molecular weight is 385 g/mol. The van der Waals surface area contributed by atoms with Gasteiger partial charge in [0.05, 0.1) is 30.6 Å². The fourth-order valence-electron chi connectivity index (χ4n) is 3.07. The zero-order valence-corrected chi connectivity index (χ0v) is 16.5. The first-order valence-electron chi connectivity index (χ1n) is 8.62. The number of esters is 1. The topological polar surface area (TPSA) is 60.5 Å². The van der Waals surface area contributed by atoms with Crippen molar-refractivity contribution in [3.8, 4) is 5.75 Å². The SMILES string of the molecule is CCOC(=O)c1cnc2c(C)cc(C)cc2c1Nc1cc(Cl)ccc1OC. The van der Waals surface area contributed by atoms with Gasteiger partial charge in [-0.2, -0.15) is 0 Å². The molecule has 0 amide bonds. The number of carbonyl (C=O) groups is 1. The highest BCUT2D eigenvalue weighted by Crippen LogP contribution is 2.36. The van der Waals surface area contributed by atoms with Gasteiger partial charge in [-0.15, -0.1) is 0 Å². The molecule has 2 aromatic carbocycles. The lowest BCUT2D eigenvalue weighted by Crippen LogP contribution is -2.10. The minimum atomic E-state index is -0.436. The van der Waals surface area contributed by atoms with Crippen molar-refractivity contribution >= 4 is 39.8 Å². The molecule has 0 spiro atoms. The lowest BCUT2D eigenvalue weighted by atomic mass is 10.0. The van der Waals surface area contributed by atoms with Gasteiger partial charge < -0.3 is 14.8 Å². The summed E-state index contributed by atoms with van der Waals surface area (Å²) in [6.45, 7) is 6.06. The molecule has 6 heteroatoms. The van der Waals surface area contributed by atoms with E-state index >= 15 is 0 Å². The highest BCUT2D eigenvalue weighted by Gasteiger charge is 2.19. The Kier molecular flexibility index (Phi) is 5.51. The van der Waals surface area contributed by atoms with Crippen LogP contribution in [0.3, 0.4) is 0 Å². The molecule has 0 bridgehead atoms. The molecule has 5 nitrogen and oxygen atoms in total. The Bertz CT molecular complexity index is 1020. The van der Waals surface area contributed by atoms with E-state index in [1.165, 1.54) is 0 Å². The molecule has 0 saturated heterocycles. The van der Waals surface area contributed by atoms with Gasteiger partial charge in [0.2, 0.25) is 0 Å². The Balaban J connectivity index is 2.26. The molecule has 0 radical (unpaired) electrons. The number of rotatable bonds is 5. The maximum Gasteiger partial charge on any atom is 0.341 e. The molecule has 140 valence electrons. The molecule has 0 unspecified atom stereocenters. The van der Waals surface area contributed by atoms with Crippen LogP contribution in [0.25, 0.3) is 10.9 Å². The van der Waals surface area contributed by atoms with Gasteiger partial charge in [-0.1, -0.05) is 23.2 Å². The third-order valence-electron chi connectivity index (χ3n) is 4.22. The number of methoxy groups -OCH3 is 1. The van der Waals surface area contributed by atoms with Crippen LogP contribution in [-0.4, -0.2) is 24.7 Å². The molecule has 0 aliphatic rings. The van der Waals surface area contributed by atoms with Crippen LogP contribution in [0.5, 0.6) is 5.75 Å². The first-order valence-corrected chi connectivity index (χ1v) is 9.00. The number of benzene rings is 2. The molecular weight excluding hydrogens is 364 g/mol. The van der Waals surface area contributed by atoms with Gasteiger partial charge in [-0.3, -0.25) is 4.98 Å². The second-order valence-electron chi connectivity index (χ2n) is 6.21. The Labute approximate surface area is 163 Å². The van der Waals surface area contributed by atoms with Crippen molar-refractivity contribution in [2.24, 2.45) is 0 Å². The fourth-order valence-corrected chi connectivity index (χ4v) is 3.24. The van der Waals surface area contributed by atoms with Crippen LogP contribution in [0, 0.1) is 13.8 Å². The predicted molar refractivity (Wildman–Crippen MR) is 108 cm³/mol. The molecule has 0 fully saturated rings. The van der Waals surface area contributed by atoms with Crippen molar-refractivity contribution in [1.82, 2.24) is 4.98 Å². The lowest BCUT2D eigenvalue weighted by molar-refractivity contribution is 0.0527. The number of ether oxygens (including phenoxy) is 2. The Morgan fingerprint density at radius 2 is 2.00 bits per heavy atom. The number of nitrogens with zero attached hydrogens (tertiary/aromatic N) is 1. The van der Waals surface area contributed by atoms with E-state index in [9.17, 15) is 4.79 Å². The van der Waals surface area contributed by atoms with Crippen molar-refractivity contribution in [1.29, 1.82) is 0 Å². The number of halogens is 1. The smallest absolute Gasteiger partial charge is 0.341 e.